The van der Waals surface area contributed by atoms with Crippen molar-refractivity contribution in [1.82, 2.24) is 9.88 Å². The van der Waals surface area contributed by atoms with Crippen LogP contribution in [0, 0.1) is 18.6 Å². The molecular formula is C25H25F2N3O5S. The van der Waals surface area contributed by atoms with Crippen molar-refractivity contribution in [3.8, 4) is 5.75 Å². The first-order chi connectivity index (χ1) is 17.1. The van der Waals surface area contributed by atoms with E-state index in [2.05, 4.69) is 10.3 Å². The highest BCUT2D eigenvalue weighted by atomic mass is 32.2. The summed E-state index contributed by atoms with van der Waals surface area (Å²) in [7, 11) is -3.29. The van der Waals surface area contributed by atoms with E-state index in [0.29, 0.717) is 31.7 Å². The quantitative estimate of drug-likeness (QED) is 0.457. The average Bonchev–Trinajstić information content (AvgIpc) is 2.86. The van der Waals surface area contributed by atoms with Gasteiger partial charge < -0.3 is 15.0 Å². The number of anilines is 2. The van der Waals surface area contributed by atoms with Gasteiger partial charge in [0, 0.05) is 30.9 Å². The molecule has 8 nitrogen and oxygen atoms in total. The fourth-order valence-electron chi connectivity index (χ4n) is 4.36. The van der Waals surface area contributed by atoms with Gasteiger partial charge in [-0.25, -0.2) is 13.8 Å². The summed E-state index contributed by atoms with van der Waals surface area (Å²) in [6.07, 6.45) is 2.37. The van der Waals surface area contributed by atoms with Crippen molar-refractivity contribution >= 4 is 27.4 Å². The third-order valence-electron chi connectivity index (χ3n) is 6.31. The van der Waals surface area contributed by atoms with Crippen LogP contribution in [0.2, 0.25) is 0 Å². The normalized spacial score (nSPS) is 14.5. The number of nitrogens with zero attached hydrogens (tertiary/aromatic N) is 2. The number of aromatic nitrogens is 1. The summed E-state index contributed by atoms with van der Waals surface area (Å²) < 4.78 is 66.2. The van der Waals surface area contributed by atoms with Gasteiger partial charge >= 0.3 is 10.1 Å². The van der Waals surface area contributed by atoms with Crippen LogP contribution in [0.1, 0.15) is 40.2 Å². The van der Waals surface area contributed by atoms with Crippen molar-refractivity contribution in [2.24, 2.45) is 0 Å². The summed E-state index contributed by atoms with van der Waals surface area (Å²) in [6, 6.07) is 10.3. The number of carbonyl (C=O) groups is 1. The average molecular weight is 518 g/mol. The van der Waals surface area contributed by atoms with E-state index in [1.54, 1.807) is 17.0 Å². The van der Waals surface area contributed by atoms with Crippen molar-refractivity contribution in [2.75, 3.05) is 25.5 Å². The van der Waals surface area contributed by atoms with E-state index in [-0.39, 0.29) is 34.2 Å². The van der Waals surface area contributed by atoms with Gasteiger partial charge in [0.1, 0.15) is 17.4 Å². The van der Waals surface area contributed by atoms with Crippen LogP contribution in [0.4, 0.5) is 20.2 Å². The van der Waals surface area contributed by atoms with Crippen molar-refractivity contribution in [3.63, 3.8) is 0 Å². The molecule has 36 heavy (non-hydrogen) atoms. The van der Waals surface area contributed by atoms with Gasteiger partial charge in [0.05, 0.1) is 24.0 Å². The maximum absolute atomic E-state index is 14.6. The first-order valence-corrected chi connectivity index (χ1v) is 12.6. The zero-order valence-electron chi connectivity index (χ0n) is 19.7. The highest BCUT2D eigenvalue weighted by Crippen LogP contribution is 2.34. The second-order valence-electron chi connectivity index (χ2n) is 8.54. The van der Waals surface area contributed by atoms with E-state index in [1.807, 2.05) is 0 Å². The summed E-state index contributed by atoms with van der Waals surface area (Å²) >= 11 is 0. The Hall–Kier alpha value is -3.57. The van der Waals surface area contributed by atoms with Gasteiger partial charge in [-0.15, -0.1) is 0 Å². The molecule has 2 aromatic carbocycles. The van der Waals surface area contributed by atoms with Gasteiger partial charge in [-0.1, -0.05) is 12.1 Å². The molecule has 0 unspecified atom stereocenters. The van der Waals surface area contributed by atoms with Crippen LogP contribution in [0.3, 0.4) is 0 Å². The molecule has 1 aliphatic heterocycles. The minimum atomic E-state index is -4.70. The highest BCUT2D eigenvalue weighted by Gasteiger charge is 2.29. The molecule has 11 heteroatoms. The molecule has 2 heterocycles. The number of pyridine rings is 1. The summed E-state index contributed by atoms with van der Waals surface area (Å²) in [4.78, 5) is 18.9. The largest absolute Gasteiger partial charge is 0.497 e. The lowest BCUT2D eigenvalue weighted by Crippen LogP contribution is -2.38. The minimum absolute atomic E-state index is 0.00966. The van der Waals surface area contributed by atoms with Crippen molar-refractivity contribution in [3.05, 3.63) is 77.0 Å². The molecule has 4 rings (SSSR count). The SMILES string of the molecule is COc1ccc(F)c(Nc2c(C(=O)N3CCC(c4ccc(F)cc4)CC3)cnc(S(=O)(=O)O)c2C)c1. The van der Waals surface area contributed by atoms with Crippen LogP contribution in [-0.2, 0) is 10.1 Å². The van der Waals surface area contributed by atoms with Crippen molar-refractivity contribution in [1.29, 1.82) is 0 Å². The molecule has 1 saturated heterocycles. The highest BCUT2D eigenvalue weighted by molar-refractivity contribution is 7.85. The van der Waals surface area contributed by atoms with Gasteiger partial charge in [0.15, 0.2) is 5.03 Å². The lowest BCUT2D eigenvalue weighted by atomic mass is 9.89. The fourth-order valence-corrected chi connectivity index (χ4v) is 5.03. The van der Waals surface area contributed by atoms with Crippen LogP contribution >= 0.6 is 0 Å². The fraction of sp³-hybridized carbons (Fsp3) is 0.280. The number of hydrogen-bond acceptors (Lipinski definition) is 6. The summed E-state index contributed by atoms with van der Waals surface area (Å²) in [5, 5.41) is 2.16. The molecule has 0 aliphatic carbocycles. The van der Waals surface area contributed by atoms with Gasteiger partial charge in [-0.2, -0.15) is 8.42 Å². The number of methoxy groups -OCH3 is 1. The summed E-state index contributed by atoms with van der Waals surface area (Å²) in [6.45, 7) is 2.19. The zero-order valence-corrected chi connectivity index (χ0v) is 20.5. The summed E-state index contributed by atoms with van der Waals surface area (Å²) in [5.41, 5.74) is 0.952. The van der Waals surface area contributed by atoms with Gasteiger partial charge in [-0.3, -0.25) is 9.35 Å². The molecule has 1 aliphatic rings. The van der Waals surface area contributed by atoms with Crippen LogP contribution in [0.5, 0.6) is 5.75 Å². The molecule has 0 atom stereocenters. The Morgan fingerprint density at radius 3 is 2.42 bits per heavy atom. The predicted octanol–water partition coefficient (Wildman–Crippen LogP) is 4.69. The third kappa shape index (κ3) is 5.31. The molecule has 0 saturated carbocycles. The number of likely N-dealkylation sites (tertiary alicyclic amines) is 1. The van der Waals surface area contributed by atoms with Gasteiger partial charge in [0.25, 0.3) is 5.91 Å². The molecule has 3 aromatic rings. The topological polar surface area (TPSA) is 109 Å². The maximum atomic E-state index is 14.6. The standard InChI is InChI=1S/C25H25F2N3O5S/c1-15-23(29-22-13-19(35-2)7-8-21(22)27)20(14-28-24(15)36(32,33)34)25(31)30-11-9-17(10-12-30)16-3-5-18(26)6-4-16/h3-8,13-14,17H,9-12H2,1-2H3,(H,28,29)(H,32,33,34). The number of halogens is 2. The number of carbonyl (C=O) groups excluding carboxylic acids is 1. The number of benzene rings is 2. The van der Waals surface area contributed by atoms with Crippen molar-refractivity contribution < 1.29 is 31.3 Å². The van der Waals surface area contributed by atoms with Crippen molar-refractivity contribution in [2.45, 2.75) is 30.7 Å². The Morgan fingerprint density at radius 1 is 1.14 bits per heavy atom. The molecule has 0 spiro atoms. The third-order valence-corrected chi connectivity index (χ3v) is 7.21. The van der Waals surface area contributed by atoms with E-state index < -0.39 is 26.9 Å². The lowest BCUT2D eigenvalue weighted by Gasteiger charge is -2.33. The number of amides is 1. The smallest absolute Gasteiger partial charge is 0.312 e. The Kier molecular flexibility index (Phi) is 7.23. The van der Waals surface area contributed by atoms with Gasteiger partial charge in [0.2, 0.25) is 0 Å². The van der Waals surface area contributed by atoms with Crippen LogP contribution < -0.4 is 10.1 Å². The number of piperidine rings is 1. The van der Waals surface area contributed by atoms with E-state index >= 15 is 0 Å². The number of rotatable bonds is 6. The zero-order chi connectivity index (χ0) is 26.0. The van der Waals surface area contributed by atoms with E-state index in [0.717, 1.165) is 11.8 Å². The van der Waals surface area contributed by atoms with Crippen LogP contribution in [0.25, 0.3) is 0 Å². The molecular weight excluding hydrogens is 492 g/mol. The Labute approximate surface area is 207 Å². The second kappa shape index (κ2) is 10.2. The molecule has 190 valence electrons. The molecule has 1 fully saturated rings. The van der Waals surface area contributed by atoms with Gasteiger partial charge in [-0.05, 0) is 55.5 Å². The lowest BCUT2D eigenvalue weighted by molar-refractivity contribution is 0.0713. The van der Waals surface area contributed by atoms with E-state index in [1.165, 1.54) is 44.4 Å². The summed E-state index contributed by atoms with van der Waals surface area (Å²) in [5.74, 6) is -0.874. The van der Waals surface area contributed by atoms with Crippen LogP contribution in [0.15, 0.2) is 53.7 Å². The number of ether oxygens (including phenoxy) is 1. The Morgan fingerprint density at radius 2 is 1.81 bits per heavy atom. The number of nitrogens with one attached hydrogen (secondary N) is 1. The maximum Gasteiger partial charge on any atom is 0.312 e. The molecule has 2 N–H and O–H groups in total. The second-order valence-corrected chi connectivity index (χ2v) is 9.88. The molecule has 0 radical (unpaired) electrons. The van der Waals surface area contributed by atoms with E-state index in [4.69, 9.17) is 4.74 Å². The van der Waals surface area contributed by atoms with Crippen LogP contribution in [-0.4, -0.2) is 49.0 Å². The molecule has 1 aromatic heterocycles. The monoisotopic (exact) mass is 517 g/mol. The number of hydrogen-bond donors (Lipinski definition) is 2. The van der Waals surface area contributed by atoms with E-state index in [9.17, 15) is 26.5 Å². The molecule has 0 bridgehead atoms. The Balaban J connectivity index is 1.65. The predicted molar refractivity (Wildman–Crippen MR) is 129 cm³/mol. The Bertz CT molecular complexity index is 1390. The molecule has 1 amide bonds. The first kappa shape index (κ1) is 25.5. The minimum Gasteiger partial charge on any atom is -0.497 e. The first-order valence-electron chi connectivity index (χ1n) is 11.2.